The number of anilines is 2. The van der Waals surface area contributed by atoms with Crippen molar-refractivity contribution in [3.63, 3.8) is 0 Å². The maximum Gasteiger partial charge on any atom is 0.414 e. The van der Waals surface area contributed by atoms with Gasteiger partial charge >= 0.3 is 6.09 Å². The molecule has 3 fully saturated rings. The summed E-state index contributed by atoms with van der Waals surface area (Å²) < 4.78 is 20.3. The van der Waals surface area contributed by atoms with Crippen LogP contribution in [-0.4, -0.2) is 79.0 Å². The Bertz CT molecular complexity index is 858. The zero-order valence-corrected chi connectivity index (χ0v) is 18.1. The summed E-state index contributed by atoms with van der Waals surface area (Å²) in [5, 5.41) is 12.2. The minimum atomic E-state index is -0.516. The molecule has 2 amide bonds. The highest BCUT2D eigenvalue weighted by molar-refractivity contribution is 7.80. The second kappa shape index (κ2) is 9.35. The molecule has 1 aromatic rings. The van der Waals surface area contributed by atoms with Gasteiger partial charge < -0.3 is 25.0 Å². The van der Waals surface area contributed by atoms with Crippen molar-refractivity contribution in [3.05, 3.63) is 24.0 Å². The average Bonchev–Trinajstić information content (AvgIpc) is 3.11. The predicted octanol–water partition coefficient (Wildman–Crippen LogP) is 1.51. The van der Waals surface area contributed by atoms with Crippen molar-refractivity contribution in [2.24, 2.45) is 5.92 Å². The van der Waals surface area contributed by atoms with Gasteiger partial charge in [-0.15, -0.1) is 0 Å². The Morgan fingerprint density at radius 3 is 2.61 bits per heavy atom. The molecule has 4 rings (SSSR count). The van der Waals surface area contributed by atoms with Crippen LogP contribution < -0.4 is 15.1 Å². The van der Waals surface area contributed by atoms with Gasteiger partial charge in [0, 0.05) is 32.1 Å². The molecule has 3 aliphatic rings. The third-order valence-electron chi connectivity index (χ3n) is 6.21. The lowest BCUT2D eigenvalue weighted by Gasteiger charge is -2.36. The fourth-order valence-corrected chi connectivity index (χ4v) is 4.40. The maximum atomic E-state index is 14.9. The van der Waals surface area contributed by atoms with E-state index in [0.717, 1.165) is 17.8 Å². The summed E-state index contributed by atoms with van der Waals surface area (Å²) in [4.78, 5) is 29.6. The first-order chi connectivity index (χ1) is 15.0. The minimum absolute atomic E-state index is 0.319. The monoisotopic (exact) mass is 450 g/mol. The number of nitrogens with zero attached hydrogens (tertiary/aromatic N) is 3. The molecule has 0 radical (unpaired) electrons. The fourth-order valence-electron chi connectivity index (χ4n) is 4.08. The van der Waals surface area contributed by atoms with E-state index >= 15 is 0 Å². The first-order valence-electron chi connectivity index (χ1n) is 10.6. The van der Waals surface area contributed by atoms with E-state index < -0.39 is 18.5 Å². The van der Waals surface area contributed by atoms with Crippen LogP contribution in [0.15, 0.2) is 18.2 Å². The Kier molecular flexibility index (Phi) is 6.57. The van der Waals surface area contributed by atoms with Crippen molar-refractivity contribution in [1.82, 2.24) is 10.2 Å². The molecule has 1 aromatic carbocycles. The van der Waals surface area contributed by atoms with Crippen LogP contribution in [0.1, 0.15) is 19.3 Å². The molecule has 2 heterocycles. The number of carbonyl (C=O) groups excluding carboxylic acids is 2. The highest BCUT2D eigenvalue weighted by Gasteiger charge is 2.33. The molecule has 1 unspecified atom stereocenters. The van der Waals surface area contributed by atoms with Gasteiger partial charge in [0.25, 0.3) is 0 Å². The summed E-state index contributed by atoms with van der Waals surface area (Å²) in [6.07, 6.45) is 2.59. The van der Waals surface area contributed by atoms with Crippen LogP contribution in [0.25, 0.3) is 0 Å². The van der Waals surface area contributed by atoms with Crippen LogP contribution in [0.3, 0.4) is 0 Å². The quantitative estimate of drug-likeness (QED) is 0.636. The van der Waals surface area contributed by atoms with Crippen molar-refractivity contribution in [1.29, 1.82) is 0 Å². The molecule has 168 valence electrons. The number of halogens is 1. The van der Waals surface area contributed by atoms with E-state index in [2.05, 4.69) is 5.32 Å². The third kappa shape index (κ3) is 4.74. The van der Waals surface area contributed by atoms with Gasteiger partial charge in [-0.05, 0) is 31.0 Å². The number of nitrogens with one attached hydrogen (secondary N) is 1. The highest BCUT2D eigenvalue weighted by Crippen LogP contribution is 2.29. The fraction of sp³-hybridized carbons (Fsp3) is 0.571. The number of ether oxygens (including phenoxy) is 1. The summed E-state index contributed by atoms with van der Waals surface area (Å²) in [6, 6.07) is 4.70. The summed E-state index contributed by atoms with van der Waals surface area (Å²) >= 11 is 5.38. The smallest absolute Gasteiger partial charge is 0.414 e. The second-order valence-corrected chi connectivity index (χ2v) is 8.59. The Labute approximate surface area is 185 Å². The molecule has 2 saturated heterocycles. The number of cyclic esters (lactones) is 1. The molecule has 1 aliphatic carbocycles. The lowest BCUT2D eigenvalue weighted by molar-refractivity contribution is -0.134. The predicted molar refractivity (Wildman–Crippen MR) is 118 cm³/mol. The van der Waals surface area contributed by atoms with E-state index in [1.807, 2.05) is 4.90 Å². The Morgan fingerprint density at radius 1 is 1.26 bits per heavy atom. The summed E-state index contributed by atoms with van der Waals surface area (Å²) in [5.41, 5.74) is 0.876. The Balaban J connectivity index is 1.34. The van der Waals surface area contributed by atoms with E-state index in [0.29, 0.717) is 56.6 Å². The zero-order chi connectivity index (χ0) is 22.0. The highest BCUT2D eigenvalue weighted by atomic mass is 32.1. The summed E-state index contributed by atoms with van der Waals surface area (Å²) in [7, 11) is 0. The maximum absolute atomic E-state index is 14.9. The van der Waals surface area contributed by atoms with Crippen LogP contribution in [-0.2, 0) is 9.53 Å². The molecule has 1 atom stereocenters. The van der Waals surface area contributed by atoms with Crippen molar-refractivity contribution in [3.8, 4) is 0 Å². The van der Waals surface area contributed by atoms with Crippen molar-refractivity contribution in [2.45, 2.75) is 25.4 Å². The number of aliphatic hydroxyl groups excluding tert-OH is 1. The summed E-state index contributed by atoms with van der Waals surface area (Å²) in [5.74, 6) is -0.311. The van der Waals surface area contributed by atoms with Gasteiger partial charge in [0.1, 0.15) is 18.5 Å². The third-order valence-corrected chi connectivity index (χ3v) is 6.68. The van der Waals surface area contributed by atoms with Gasteiger partial charge in [-0.2, -0.15) is 0 Å². The molecule has 8 nitrogen and oxygen atoms in total. The topological polar surface area (TPSA) is 85.3 Å². The van der Waals surface area contributed by atoms with Crippen molar-refractivity contribution < 1.29 is 23.8 Å². The van der Waals surface area contributed by atoms with Crippen LogP contribution >= 0.6 is 12.2 Å². The molecular weight excluding hydrogens is 423 g/mol. The number of hydrogen-bond acceptors (Lipinski definition) is 6. The largest absolute Gasteiger partial charge is 0.442 e. The summed E-state index contributed by atoms with van der Waals surface area (Å²) in [6.45, 7) is 2.07. The van der Waals surface area contributed by atoms with E-state index in [-0.39, 0.29) is 12.0 Å². The van der Waals surface area contributed by atoms with Gasteiger partial charge in [-0.25, -0.2) is 9.18 Å². The van der Waals surface area contributed by atoms with Crippen LogP contribution in [0.5, 0.6) is 0 Å². The number of piperazine rings is 1. The lowest BCUT2D eigenvalue weighted by atomic mass is 9.85. The standard InChI is InChI=1S/C21H27FN4O4S/c22-17-10-15(4-5-18(17)24-6-8-25(9-7-24)19(28)13-27)26-12-16(30-21(26)29)11-23-20(31)14-2-1-3-14/h4-5,10,14,16,27H,1-3,6-9,11-13H2,(H,23,31). The molecule has 0 aromatic heterocycles. The number of hydrogen-bond donors (Lipinski definition) is 2. The van der Waals surface area contributed by atoms with Crippen molar-refractivity contribution in [2.75, 3.05) is 55.7 Å². The van der Waals surface area contributed by atoms with Gasteiger partial charge in [-0.3, -0.25) is 9.69 Å². The van der Waals surface area contributed by atoms with Gasteiger partial charge in [0.05, 0.1) is 29.5 Å². The number of rotatable bonds is 6. The van der Waals surface area contributed by atoms with E-state index in [4.69, 9.17) is 22.1 Å². The average molecular weight is 451 g/mol. The van der Waals surface area contributed by atoms with E-state index in [1.165, 1.54) is 17.4 Å². The van der Waals surface area contributed by atoms with Gasteiger partial charge in [-0.1, -0.05) is 18.6 Å². The van der Waals surface area contributed by atoms with Gasteiger partial charge in [0.2, 0.25) is 5.91 Å². The van der Waals surface area contributed by atoms with Crippen molar-refractivity contribution >= 4 is 40.6 Å². The van der Waals surface area contributed by atoms with Gasteiger partial charge in [0.15, 0.2) is 0 Å². The SMILES string of the molecule is O=C(CO)N1CCN(c2ccc(N3CC(CNC(=S)C4CCC4)OC3=O)cc2F)CC1. The molecule has 0 bridgehead atoms. The second-order valence-electron chi connectivity index (χ2n) is 8.15. The number of amides is 2. The number of benzene rings is 1. The first-order valence-corrected chi connectivity index (χ1v) is 11.1. The molecule has 31 heavy (non-hydrogen) atoms. The van der Waals surface area contributed by atoms with E-state index in [9.17, 15) is 14.0 Å². The molecule has 10 heteroatoms. The lowest BCUT2D eigenvalue weighted by Crippen LogP contribution is -2.49. The number of carbonyl (C=O) groups is 2. The number of thiocarbonyl (C=S) groups is 1. The minimum Gasteiger partial charge on any atom is -0.442 e. The Morgan fingerprint density at radius 2 is 2.00 bits per heavy atom. The Hall–Kier alpha value is -2.46. The number of aliphatic hydroxyl groups is 1. The molecule has 2 aliphatic heterocycles. The zero-order valence-electron chi connectivity index (χ0n) is 17.3. The van der Waals surface area contributed by atoms with Crippen LogP contribution in [0, 0.1) is 11.7 Å². The molecule has 0 spiro atoms. The van der Waals surface area contributed by atoms with E-state index in [1.54, 1.807) is 17.0 Å². The van der Waals surface area contributed by atoms with Crippen LogP contribution in [0.2, 0.25) is 0 Å². The van der Waals surface area contributed by atoms with Crippen LogP contribution in [0.4, 0.5) is 20.6 Å². The normalized spacial score (nSPS) is 21.7. The first kappa shape index (κ1) is 21.8. The molecule has 1 saturated carbocycles. The molecular formula is C21H27FN4O4S. The molecule has 2 N–H and O–H groups in total.